The molecular weight excluding hydrogens is 262 g/mol. The maximum absolute atomic E-state index is 6.16. The van der Waals surface area contributed by atoms with Crippen LogP contribution in [0.5, 0.6) is 5.88 Å². The fourth-order valence-electron chi connectivity index (χ4n) is 2.47. The quantitative estimate of drug-likeness (QED) is 0.839. The molecule has 1 aromatic rings. The lowest BCUT2D eigenvalue weighted by molar-refractivity contribution is 0.232. The second-order valence-corrected chi connectivity index (χ2v) is 5.75. The smallest absolute Gasteiger partial charge is 0.226 e. The first kappa shape index (κ1) is 14.4. The van der Waals surface area contributed by atoms with E-state index < -0.39 is 0 Å². The molecule has 1 heterocycles. The van der Waals surface area contributed by atoms with Gasteiger partial charge in [-0.25, -0.2) is 4.98 Å². The molecule has 1 aliphatic carbocycles. The fraction of sp³-hybridized carbons (Fsp3) is 0.714. The summed E-state index contributed by atoms with van der Waals surface area (Å²) in [5.41, 5.74) is -0.0593. The van der Waals surface area contributed by atoms with Crippen molar-refractivity contribution in [1.82, 2.24) is 9.97 Å². The molecule has 1 aromatic heterocycles. The van der Waals surface area contributed by atoms with E-state index >= 15 is 0 Å². The van der Waals surface area contributed by atoms with Gasteiger partial charge in [-0.1, -0.05) is 19.3 Å². The normalized spacial score (nSPS) is 18.3. The molecule has 0 atom stereocenters. The van der Waals surface area contributed by atoms with Gasteiger partial charge in [-0.15, -0.1) is 11.6 Å². The minimum absolute atomic E-state index is 0.0593. The van der Waals surface area contributed by atoms with Gasteiger partial charge < -0.3 is 10.1 Å². The van der Waals surface area contributed by atoms with Crippen molar-refractivity contribution in [1.29, 1.82) is 0 Å². The van der Waals surface area contributed by atoms with Gasteiger partial charge >= 0.3 is 0 Å². The Kier molecular flexibility index (Phi) is 4.86. The van der Waals surface area contributed by atoms with E-state index in [0.29, 0.717) is 17.7 Å². The zero-order valence-corrected chi connectivity index (χ0v) is 12.4. The van der Waals surface area contributed by atoms with Gasteiger partial charge in [0.05, 0.1) is 11.6 Å². The number of nitrogens with one attached hydrogen (secondary N) is 1. The Labute approximate surface area is 119 Å². The molecule has 4 nitrogen and oxygen atoms in total. The van der Waals surface area contributed by atoms with E-state index in [0.717, 1.165) is 12.8 Å². The number of alkyl halides is 1. The number of rotatable bonds is 5. The van der Waals surface area contributed by atoms with Crippen LogP contribution in [0, 0.1) is 0 Å². The van der Waals surface area contributed by atoms with Crippen LogP contribution in [-0.2, 0) is 0 Å². The van der Waals surface area contributed by atoms with Crippen LogP contribution in [0.15, 0.2) is 12.3 Å². The average Bonchev–Trinajstić information content (AvgIpc) is 2.39. The Morgan fingerprint density at radius 1 is 1.37 bits per heavy atom. The molecule has 1 N–H and O–H groups in total. The Bertz CT molecular complexity index is 405. The first-order valence-electron chi connectivity index (χ1n) is 6.97. The largest absolute Gasteiger partial charge is 0.475 e. The molecule has 0 amide bonds. The summed E-state index contributed by atoms with van der Waals surface area (Å²) in [5, 5.41) is 3.42. The Morgan fingerprint density at radius 3 is 2.74 bits per heavy atom. The van der Waals surface area contributed by atoms with Crippen LogP contribution < -0.4 is 10.1 Å². The Morgan fingerprint density at radius 2 is 2.11 bits per heavy atom. The molecule has 0 aromatic carbocycles. The van der Waals surface area contributed by atoms with E-state index in [9.17, 15) is 0 Å². The molecule has 0 bridgehead atoms. The molecule has 1 aliphatic rings. The van der Waals surface area contributed by atoms with E-state index in [1.165, 1.54) is 19.3 Å². The van der Waals surface area contributed by atoms with Gasteiger partial charge in [0.2, 0.25) is 11.8 Å². The molecular formula is C14H22ClN3O. The van der Waals surface area contributed by atoms with Crippen LogP contribution in [0.3, 0.4) is 0 Å². The van der Waals surface area contributed by atoms with Crippen molar-refractivity contribution >= 4 is 17.5 Å². The van der Waals surface area contributed by atoms with Crippen molar-refractivity contribution in [2.45, 2.75) is 57.6 Å². The summed E-state index contributed by atoms with van der Waals surface area (Å²) in [6.07, 6.45) is 7.70. The SMILES string of the molecule is CC(C)Oc1ccnc(NC2(CCl)CCCCC2)n1. The van der Waals surface area contributed by atoms with Crippen LogP contribution in [0.2, 0.25) is 0 Å². The third-order valence-corrected chi connectivity index (χ3v) is 3.94. The van der Waals surface area contributed by atoms with Gasteiger partial charge in [0.25, 0.3) is 0 Å². The minimum atomic E-state index is -0.0593. The van der Waals surface area contributed by atoms with Crippen molar-refractivity contribution in [2.75, 3.05) is 11.2 Å². The Balaban J connectivity index is 2.08. The number of anilines is 1. The minimum Gasteiger partial charge on any atom is -0.475 e. The third-order valence-electron chi connectivity index (χ3n) is 3.43. The van der Waals surface area contributed by atoms with E-state index in [-0.39, 0.29) is 11.6 Å². The monoisotopic (exact) mass is 283 g/mol. The zero-order chi connectivity index (χ0) is 13.7. The highest BCUT2D eigenvalue weighted by molar-refractivity contribution is 6.18. The van der Waals surface area contributed by atoms with Crippen molar-refractivity contribution in [3.63, 3.8) is 0 Å². The van der Waals surface area contributed by atoms with Crippen molar-refractivity contribution < 1.29 is 4.74 Å². The van der Waals surface area contributed by atoms with Crippen molar-refractivity contribution in [3.05, 3.63) is 12.3 Å². The molecule has 2 rings (SSSR count). The molecule has 1 fully saturated rings. The molecule has 1 saturated carbocycles. The number of aromatic nitrogens is 2. The summed E-state index contributed by atoms with van der Waals surface area (Å²) >= 11 is 6.16. The molecule has 0 aliphatic heterocycles. The third kappa shape index (κ3) is 3.96. The standard InChI is InChI=1S/C14H22ClN3O/c1-11(2)19-12-6-9-16-13(17-12)18-14(10-15)7-4-3-5-8-14/h6,9,11H,3-5,7-8,10H2,1-2H3,(H,16,17,18). The number of hydrogen-bond acceptors (Lipinski definition) is 4. The molecule has 0 spiro atoms. The molecule has 106 valence electrons. The van der Waals surface area contributed by atoms with Crippen LogP contribution in [0.1, 0.15) is 46.0 Å². The first-order chi connectivity index (χ1) is 9.13. The second kappa shape index (κ2) is 6.42. The summed E-state index contributed by atoms with van der Waals surface area (Å²) in [5.74, 6) is 1.81. The van der Waals surface area contributed by atoms with Crippen molar-refractivity contribution in [2.24, 2.45) is 0 Å². The molecule has 19 heavy (non-hydrogen) atoms. The zero-order valence-electron chi connectivity index (χ0n) is 11.7. The highest BCUT2D eigenvalue weighted by Crippen LogP contribution is 2.32. The lowest BCUT2D eigenvalue weighted by Crippen LogP contribution is -2.42. The van der Waals surface area contributed by atoms with Crippen molar-refractivity contribution in [3.8, 4) is 5.88 Å². The topological polar surface area (TPSA) is 47.0 Å². The molecule has 5 heteroatoms. The second-order valence-electron chi connectivity index (χ2n) is 5.48. The van der Waals surface area contributed by atoms with Crippen LogP contribution in [0.4, 0.5) is 5.95 Å². The molecule has 0 radical (unpaired) electrons. The van der Waals surface area contributed by atoms with Gasteiger partial charge in [0.1, 0.15) is 0 Å². The molecule has 0 saturated heterocycles. The summed E-state index contributed by atoms with van der Waals surface area (Å²) < 4.78 is 5.59. The summed E-state index contributed by atoms with van der Waals surface area (Å²) in [6, 6.07) is 1.78. The highest BCUT2D eigenvalue weighted by Gasteiger charge is 2.31. The predicted octanol–water partition coefficient (Wildman–Crippen LogP) is 3.62. The highest BCUT2D eigenvalue weighted by atomic mass is 35.5. The summed E-state index contributed by atoms with van der Waals surface area (Å²) in [7, 11) is 0. The van der Waals surface area contributed by atoms with E-state index in [1.807, 2.05) is 13.8 Å². The van der Waals surface area contributed by atoms with Gasteiger partial charge in [-0.2, -0.15) is 4.98 Å². The van der Waals surface area contributed by atoms with Gasteiger partial charge in [0.15, 0.2) is 0 Å². The van der Waals surface area contributed by atoms with E-state index in [2.05, 4.69) is 15.3 Å². The average molecular weight is 284 g/mol. The Hall–Kier alpha value is -1.03. The predicted molar refractivity (Wildman–Crippen MR) is 78.0 cm³/mol. The van der Waals surface area contributed by atoms with E-state index in [4.69, 9.17) is 16.3 Å². The number of nitrogens with zero attached hydrogens (tertiary/aromatic N) is 2. The lowest BCUT2D eigenvalue weighted by atomic mass is 9.83. The summed E-state index contributed by atoms with van der Waals surface area (Å²) in [4.78, 5) is 8.67. The van der Waals surface area contributed by atoms with Crippen LogP contribution in [-0.4, -0.2) is 27.5 Å². The van der Waals surface area contributed by atoms with E-state index in [1.54, 1.807) is 12.3 Å². The number of hydrogen-bond donors (Lipinski definition) is 1. The first-order valence-corrected chi connectivity index (χ1v) is 7.51. The number of halogens is 1. The summed E-state index contributed by atoms with van der Waals surface area (Å²) in [6.45, 7) is 3.97. The maximum atomic E-state index is 6.16. The lowest BCUT2D eigenvalue weighted by Gasteiger charge is -2.36. The fourth-order valence-corrected chi connectivity index (χ4v) is 2.80. The number of ether oxygens (including phenoxy) is 1. The van der Waals surface area contributed by atoms with Gasteiger partial charge in [-0.05, 0) is 26.7 Å². The maximum Gasteiger partial charge on any atom is 0.226 e. The van der Waals surface area contributed by atoms with Crippen LogP contribution in [0.25, 0.3) is 0 Å². The van der Waals surface area contributed by atoms with Gasteiger partial charge in [-0.3, -0.25) is 0 Å². The van der Waals surface area contributed by atoms with Crippen LogP contribution >= 0.6 is 11.6 Å². The van der Waals surface area contributed by atoms with Gasteiger partial charge in [0, 0.05) is 18.1 Å². The molecule has 0 unspecified atom stereocenters.